The van der Waals surface area contributed by atoms with Gasteiger partial charge in [-0.2, -0.15) is 0 Å². The van der Waals surface area contributed by atoms with E-state index in [0.29, 0.717) is 0 Å². The highest BCUT2D eigenvalue weighted by molar-refractivity contribution is 6.31. The minimum atomic E-state index is 0.738. The number of hydrogen-bond acceptors (Lipinski definition) is 0. The fourth-order valence-electron chi connectivity index (χ4n) is 4.59. The van der Waals surface area contributed by atoms with E-state index in [2.05, 4.69) is 120 Å². The predicted octanol–water partition coefficient (Wildman–Crippen LogP) is 8.77. The van der Waals surface area contributed by atoms with Crippen molar-refractivity contribution in [1.82, 2.24) is 4.57 Å². The summed E-state index contributed by atoms with van der Waals surface area (Å²) >= 11 is 6.48. The molecule has 0 fully saturated rings. The first kappa shape index (κ1) is 18.9. The van der Waals surface area contributed by atoms with Gasteiger partial charge in [0.05, 0.1) is 16.7 Å². The molecule has 0 spiro atoms. The van der Waals surface area contributed by atoms with Gasteiger partial charge in [-0.15, -0.1) is 0 Å². The van der Waals surface area contributed by atoms with Crippen LogP contribution < -0.4 is 0 Å². The second-order valence-corrected chi connectivity index (χ2v) is 8.41. The summed E-state index contributed by atoms with van der Waals surface area (Å²) in [4.78, 5) is 0. The molecule has 1 aromatic heterocycles. The van der Waals surface area contributed by atoms with Crippen LogP contribution in [0.1, 0.15) is 0 Å². The molecule has 6 rings (SSSR count). The molecule has 2 heteroatoms. The summed E-state index contributed by atoms with van der Waals surface area (Å²) in [6, 6.07) is 42.6. The van der Waals surface area contributed by atoms with Gasteiger partial charge in [-0.25, -0.2) is 0 Å². The highest BCUT2D eigenvalue weighted by Gasteiger charge is 2.16. The van der Waals surface area contributed by atoms with Gasteiger partial charge in [0.2, 0.25) is 0 Å². The van der Waals surface area contributed by atoms with Crippen molar-refractivity contribution in [2.45, 2.75) is 0 Å². The molecule has 6 aromatic rings. The predicted molar refractivity (Wildman–Crippen MR) is 137 cm³/mol. The second kappa shape index (κ2) is 7.71. The molecule has 0 unspecified atom stereocenters. The van der Waals surface area contributed by atoms with Gasteiger partial charge in [0.15, 0.2) is 0 Å². The van der Waals surface area contributed by atoms with E-state index < -0.39 is 0 Å². The van der Waals surface area contributed by atoms with Gasteiger partial charge < -0.3 is 4.57 Å². The van der Waals surface area contributed by atoms with Gasteiger partial charge >= 0.3 is 0 Å². The van der Waals surface area contributed by atoms with Crippen LogP contribution in [0.25, 0.3) is 49.7 Å². The second-order valence-electron chi connectivity index (χ2n) is 7.98. The van der Waals surface area contributed by atoms with Crippen LogP contribution in [-0.4, -0.2) is 4.57 Å². The quantitative estimate of drug-likeness (QED) is 0.265. The zero-order valence-electron chi connectivity index (χ0n) is 17.4. The van der Waals surface area contributed by atoms with Crippen molar-refractivity contribution < 1.29 is 0 Å². The molecule has 0 N–H and O–H groups in total. The molecule has 0 radical (unpaired) electrons. The molecule has 5 aromatic carbocycles. The monoisotopic (exact) mass is 429 g/mol. The Labute approximate surface area is 192 Å². The number of aromatic nitrogens is 1. The molecule has 0 saturated carbocycles. The van der Waals surface area contributed by atoms with Crippen LogP contribution in [0.2, 0.25) is 5.02 Å². The number of hydrogen-bond donors (Lipinski definition) is 0. The highest BCUT2D eigenvalue weighted by atomic mass is 35.5. The smallest absolute Gasteiger partial charge is 0.0556 e. The van der Waals surface area contributed by atoms with Gasteiger partial charge in [-0.3, -0.25) is 0 Å². The summed E-state index contributed by atoms with van der Waals surface area (Å²) in [5, 5.41) is 3.17. The van der Waals surface area contributed by atoms with E-state index in [0.717, 1.165) is 16.2 Å². The maximum absolute atomic E-state index is 6.48. The number of halogens is 1. The van der Waals surface area contributed by atoms with Gasteiger partial charge in [-0.05, 0) is 41.0 Å². The zero-order chi connectivity index (χ0) is 21.5. The van der Waals surface area contributed by atoms with Crippen molar-refractivity contribution in [1.29, 1.82) is 0 Å². The van der Waals surface area contributed by atoms with Gasteiger partial charge in [0.25, 0.3) is 0 Å². The standard InChI is InChI=1S/C30H20ClN/c31-24-16-18-27-26-13-7-8-14-28(26)32(30(27)20-24)29-19-23(21-9-3-1-4-10-21)15-17-25(29)22-11-5-2-6-12-22/h1-20H. The van der Waals surface area contributed by atoms with E-state index in [-0.39, 0.29) is 0 Å². The fraction of sp³-hybridized carbons (Fsp3) is 0. The van der Waals surface area contributed by atoms with Crippen molar-refractivity contribution in [2.75, 3.05) is 0 Å². The summed E-state index contributed by atoms with van der Waals surface area (Å²) in [5.74, 6) is 0. The maximum atomic E-state index is 6.48. The van der Waals surface area contributed by atoms with Crippen LogP contribution in [-0.2, 0) is 0 Å². The third-order valence-electron chi connectivity index (χ3n) is 6.07. The van der Waals surface area contributed by atoms with Crippen LogP contribution in [0, 0.1) is 0 Å². The SMILES string of the molecule is Clc1ccc2c3ccccc3n(-c3cc(-c4ccccc4)ccc3-c3ccccc3)c2c1. The lowest BCUT2D eigenvalue weighted by atomic mass is 9.98. The van der Waals surface area contributed by atoms with Crippen molar-refractivity contribution in [3.63, 3.8) is 0 Å². The average molecular weight is 430 g/mol. The van der Waals surface area contributed by atoms with Crippen molar-refractivity contribution in [2.24, 2.45) is 0 Å². The summed E-state index contributed by atoms with van der Waals surface area (Å²) in [5.41, 5.74) is 8.20. The fourth-order valence-corrected chi connectivity index (χ4v) is 4.76. The van der Waals surface area contributed by atoms with Gasteiger partial charge in [-0.1, -0.05) is 109 Å². The van der Waals surface area contributed by atoms with E-state index in [1.165, 1.54) is 38.5 Å². The lowest BCUT2D eigenvalue weighted by Crippen LogP contribution is -1.98. The normalized spacial score (nSPS) is 11.3. The van der Waals surface area contributed by atoms with Crippen molar-refractivity contribution >= 4 is 33.4 Å². The van der Waals surface area contributed by atoms with E-state index in [9.17, 15) is 0 Å². The summed E-state index contributed by atoms with van der Waals surface area (Å²) in [6.45, 7) is 0. The Morgan fingerprint density at radius 2 is 1.12 bits per heavy atom. The number of benzene rings is 5. The third kappa shape index (κ3) is 3.10. The van der Waals surface area contributed by atoms with Crippen LogP contribution >= 0.6 is 11.6 Å². The van der Waals surface area contributed by atoms with E-state index >= 15 is 0 Å². The third-order valence-corrected chi connectivity index (χ3v) is 6.30. The number of rotatable bonds is 3. The minimum Gasteiger partial charge on any atom is -0.309 e. The molecule has 0 aliphatic carbocycles. The molecule has 0 amide bonds. The number of nitrogens with zero attached hydrogens (tertiary/aromatic N) is 1. The Morgan fingerprint density at radius 3 is 1.91 bits per heavy atom. The average Bonchev–Trinajstić information content (AvgIpc) is 3.18. The number of para-hydroxylation sites is 1. The molecular formula is C30H20ClN. The largest absolute Gasteiger partial charge is 0.309 e. The van der Waals surface area contributed by atoms with Gasteiger partial charge in [0.1, 0.15) is 0 Å². The summed E-state index contributed by atoms with van der Waals surface area (Å²) < 4.78 is 2.35. The molecule has 0 bridgehead atoms. The Kier molecular flexibility index (Phi) is 4.56. The van der Waals surface area contributed by atoms with Crippen LogP contribution in [0.5, 0.6) is 0 Å². The Hall–Kier alpha value is -3.81. The summed E-state index contributed by atoms with van der Waals surface area (Å²) in [7, 11) is 0. The van der Waals surface area contributed by atoms with Gasteiger partial charge in [0, 0.05) is 21.4 Å². The molecule has 32 heavy (non-hydrogen) atoms. The molecule has 0 atom stereocenters. The molecule has 1 heterocycles. The molecule has 1 nitrogen and oxygen atoms in total. The maximum Gasteiger partial charge on any atom is 0.0556 e. The number of fused-ring (bicyclic) bond motifs is 3. The van der Waals surface area contributed by atoms with Crippen LogP contribution in [0.4, 0.5) is 0 Å². The summed E-state index contributed by atoms with van der Waals surface area (Å²) in [6.07, 6.45) is 0. The van der Waals surface area contributed by atoms with E-state index in [1.54, 1.807) is 0 Å². The Morgan fingerprint density at radius 1 is 0.469 bits per heavy atom. The molecular weight excluding hydrogens is 410 g/mol. The van der Waals surface area contributed by atoms with Crippen LogP contribution in [0.3, 0.4) is 0 Å². The first-order valence-electron chi connectivity index (χ1n) is 10.7. The molecule has 0 aliphatic rings. The van der Waals surface area contributed by atoms with Crippen molar-refractivity contribution in [3.05, 3.63) is 126 Å². The molecule has 0 saturated heterocycles. The lowest BCUT2D eigenvalue weighted by molar-refractivity contribution is 1.18. The Bertz CT molecular complexity index is 1560. The van der Waals surface area contributed by atoms with E-state index in [4.69, 9.17) is 11.6 Å². The first-order chi connectivity index (χ1) is 15.8. The molecule has 152 valence electrons. The van der Waals surface area contributed by atoms with Crippen LogP contribution in [0.15, 0.2) is 121 Å². The lowest BCUT2D eigenvalue weighted by Gasteiger charge is -2.16. The van der Waals surface area contributed by atoms with E-state index in [1.807, 2.05) is 6.07 Å². The first-order valence-corrected chi connectivity index (χ1v) is 11.1. The van der Waals surface area contributed by atoms with Crippen molar-refractivity contribution in [3.8, 4) is 27.9 Å². The topological polar surface area (TPSA) is 4.93 Å². The molecule has 0 aliphatic heterocycles. The zero-order valence-corrected chi connectivity index (χ0v) is 18.1. The Balaban J connectivity index is 1.74. The minimum absolute atomic E-state index is 0.738. The highest BCUT2D eigenvalue weighted by Crippen LogP contribution is 2.38.